The van der Waals surface area contributed by atoms with Crippen molar-refractivity contribution in [3.63, 3.8) is 0 Å². The molecule has 0 aliphatic carbocycles. The molecule has 0 heterocycles. The molecule has 2 amide bonds. The zero-order chi connectivity index (χ0) is 28.4. The molecule has 3 aromatic carbocycles. The topological polar surface area (TPSA) is 129 Å². The summed E-state index contributed by atoms with van der Waals surface area (Å²) in [5.41, 5.74) is 3.23. The Balaban J connectivity index is 1.74. The summed E-state index contributed by atoms with van der Waals surface area (Å²) < 4.78 is 20.7. The third-order valence-corrected chi connectivity index (χ3v) is 5.79. The van der Waals surface area contributed by atoms with E-state index < -0.39 is 17.8 Å². The van der Waals surface area contributed by atoms with Crippen molar-refractivity contribution in [1.29, 1.82) is 0 Å². The first-order valence-electron chi connectivity index (χ1n) is 12.0. The van der Waals surface area contributed by atoms with E-state index in [-0.39, 0.29) is 29.4 Å². The molecule has 0 aliphatic rings. The fourth-order valence-corrected chi connectivity index (χ4v) is 3.72. The lowest BCUT2D eigenvalue weighted by atomic mass is 10.0. The summed E-state index contributed by atoms with van der Waals surface area (Å²) in [6, 6.07) is 16.8. The van der Waals surface area contributed by atoms with Gasteiger partial charge < -0.3 is 29.6 Å². The Hall–Kier alpha value is -4.86. The minimum absolute atomic E-state index is 0.0405. The number of anilines is 1. The number of ether oxygens (including phenoxy) is 4. The highest BCUT2D eigenvalue weighted by Gasteiger charge is 2.16. The second-order valence-corrected chi connectivity index (χ2v) is 8.35. The Kier molecular flexibility index (Phi) is 10.0. The Morgan fingerprint density at radius 1 is 0.769 bits per heavy atom. The van der Waals surface area contributed by atoms with Crippen LogP contribution >= 0.6 is 0 Å². The summed E-state index contributed by atoms with van der Waals surface area (Å²) in [6.07, 6.45) is 0.970. The van der Waals surface area contributed by atoms with Crippen molar-refractivity contribution >= 4 is 29.4 Å². The van der Waals surface area contributed by atoms with Crippen LogP contribution in [0.5, 0.6) is 11.5 Å². The van der Waals surface area contributed by atoms with Gasteiger partial charge in [0, 0.05) is 19.2 Å². The first kappa shape index (κ1) is 28.7. The lowest BCUT2D eigenvalue weighted by molar-refractivity contribution is -0.120. The average molecular weight is 535 g/mol. The fraction of sp³-hybridized carbons (Fsp3) is 0.241. The van der Waals surface area contributed by atoms with Gasteiger partial charge in [0.1, 0.15) is 17.1 Å². The Morgan fingerprint density at radius 2 is 1.49 bits per heavy atom. The number of hydrogen-bond acceptors (Lipinski definition) is 8. The van der Waals surface area contributed by atoms with Crippen molar-refractivity contribution in [2.45, 2.75) is 12.8 Å². The predicted octanol–water partition coefficient (Wildman–Crippen LogP) is 3.63. The monoisotopic (exact) mass is 534 g/mol. The van der Waals surface area contributed by atoms with E-state index in [1.54, 1.807) is 49.5 Å². The number of benzene rings is 3. The lowest BCUT2D eigenvalue weighted by Gasteiger charge is -2.13. The SMILES string of the molecule is CNC(=O)CCc1ccc(NC(=O)COc2cc(C(=O)OC)cc(-c3ccc(C(=O)OC)c(OC)c3)c2)cc1. The van der Waals surface area contributed by atoms with E-state index in [2.05, 4.69) is 10.6 Å². The number of esters is 2. The van der Waals surface area contributed by atoms with Crippen LogP contribution in [0.1, 0.15) is 32.7 Å². The number of methoxy groups -OCH3 is 3. The first-order valence-corrected chi connectivity index (χ1v) is 12.0. The van der Waals surface area contributed by atoms with Gasteiger partial charge in [-0.3, -0.25) is 9.59 Å². The highest BCUT2D eigenvalue weighted by atomic mass is 16.5. The number of aryl methyl sites for hydroxylation is 1. The van der Waals surface area contributed by atoms with Crippen LogP contribution in [0.25, 0.3) is 11.1 Å². The van der Waals surface area contributed by atoms with Crippen molar-refractivity contribution in [2.24, 2.45) is 0 Å². The summed E-state index contributed by atoms with van der Waals surface area (Å²) in [5, 5.41) is 5.33. The number of carbonyl (C=O) groups excluding carboxylic acids is 4. The van der Waals surface area contributed by atoms with Gasteiger partial charge >= 0.3 is 11.9 Å². The standard InChI is InChI=1S/C29H30N2O8/c1-30-26(32)12-7-18-5-9-22(10-6-18)31-27(33)17-39-23-14-20(13-21(15-23)28(34)37-3)19-8-11-24(29(35)38-4)25(16-19)36-2/h5-6,8-11,13-16H,7,12,17H2,1-4H3,(H,30,32)(H,31,33). The molecule has 0 unspecified atom stereocenters. The molecule has 0 aliphatic heterocycles. The molecule has 0 bridgehead atoms. The molecule has 39 heavy (non-hydrogen) atoms. The van der Waals surface area contributed by atoms with Crippen molar-refractivity contribution in [3.05, 3.63) is 77.4 Å². The Bertz CT molecular complexity index is 1350. The van der Waals surface area contributed by atoms with Gasteiger partial charge in [-0.25, -0.2) is 9.59 Å². The summed E-state index contributed by atoms with van der Waals surface area (Å²) in [4.78, 5) is 48.2. The molecule has 0 saturated heterocycles. The smallest absolute Gasteiger partial charge is 0.341 e. The third kappa shape index (κ3) is 7.81. The number of rotatable bonds is 11. The van der Waals surface area contributed by atoms with Gasteiger partial charge in [0.05, 0.1) is 26.9 Å². The lowest BCUT2D eigenvalue weighted by Crippen LogP contribution is -2.20. The van der Waals surface area contributed by atoms with Crippen molar-refractivity contribution in [1.82, 2.24) is 5.32 Å². The van der Waals surface area contributed by atoms with E-state index in [0.717, 1.165) is 5.56 Å². The summed E-state index contributed by atoms with van der Waals surface area (Å²) in [5.74, 6) is -1.01. The molecule has 0 spiro atoms. The molecule has 3 rings (SSSR count). The summed E-state index contributed by atoms with van der Waals surface area (Å²) in [7, 11) is 5.57. The molecule has 0 aromatic heterocycles. The molecule has 0 fully saturated rings. The van der Waals surface area contributed by atoms with Crippen LogP contribution in [0.2, 0.25) is 0 Å². The van der Waals surface area contributed by atoms with Crippen LogP contribution in [0.4, 0.5) is 5.69 Å². The fourth-order valence-electron chi connectivity index (χ4n) is 3.72. The molecule has 10 nitrogen and oxygen atoms in total. The second-order valence-electron chi connectivity index (χ2n) is 8.35. The van der Waals surface area contributed by atoms with Crippen LogP contribution in [0, 0.1) is 0 Å². The molecule has 2 N–H and O–H groups in total. The van der Waals surface area contributed by atoms with E-state index in [0.29, 0.717) is 35.4 Å². The highest BCUT2D eigenvalue weighted by Crippen LogP contribution is 2.31. The highest BCUT2D eigenvalue weighted by molar-refractivity contribution is 5.95. The van der Waals surface area contributed by atoms with Gasteiger partial charge in [-0.15, -0.1) is 0 Å². The molecule has 0 radical (unpaired) electrons. The van der Waals surface area contributed by atoms with Crippen LogP contribution in [0.15, 0.2) is 60.7 Å². The van der Waals surface area contributed by atoms with E-state index in [1.807, 2.05) is 12.1 Å². The van der Waals surface area contributed by atoms with E-state index >= 15 is 0 Å². The molecule has 10 heteroatoms. The largest absolute Gasteiger partial charge is 0.496 e. The molecular formula is C29H30N2O8. The zero-order valence-corrected chi connectivity index (χ0v) is 22.2. The van der Waals surface area contributed by atoms with Gasteiger partial charge in [-0.1, -0.05) is 18.2 Å². The molecule has 204 valence electrons. The van der Waals surface area contributed by atoms with Gasteiger partial charge in [-0.2, -0.15) is 0 Å². The Labute approximate surface area is 226 Å². The normalized spacial score (nSPS) is 10.3. The maximum atomic E-state index is 12.5. The van der Waals surface area contributed by atoms with Gasteiger partial charge in [-0.05, 0) is 65.6 Å². The van der Waals surface area contributed by atoms with Crippen molar-refractivity contribution < 1.29 is 38.1 Å². The molecule has 0 atom stereocenters. The third-order valence-electron chi connectivity index (χ3n) is 5.79. The molecule has 0 saturated carbocycles. The average Bonchev–Trinajstić information content (AvgIpc) is 2.98. The van der Waals surface area contributed by atoms with Crippen LogP contribution in [-0.2, 0) is 25.5 Å². The van der Waals surface area contributed by atoms with Crippen LogP contribution in [0.3, 0.4) is 0 Å². The zero-order valence-electron chi connectivity index (χ0n) is 22.2. The summed E-state index contributed by atoms with van der Waals surface area (Å²) >= 11 is 0. The quantitative estimate of drug-likeness (QED) is 0.357. The molecular weight excluding hydrogens is 504 g/mol. The van der Waals surface area contributed by atoms with Gasteiger partial charge in [0.25, 0.3) is 5.91 Å². The number of nitrogens with one attached hydrogen (secondary N) is 2. The maximum absolute atomic E-state index is 12.5. The second kappa shape index (κ2) is 13.6. The maximum Gasteiger partial charge on any atom is 0.341 e. The number of amides is 2. The van der Waals surface area contributed by atoms with E-state index in [9.17, 15) is 19.2 Å². The van der Waals surface area contributed by atoms with Crippen LogP contribution < -0.4 is 20.1 Å². The van der Waals surface area contributed by atoms with Crippen molar-refractivity contribution in [3.8, 4) is 22.6 Å². The van der Waals surface area contributed by atoms with E-state index in [1.165, 1.54) is 27.4 Å². The number of hydrogen-bond donors (Lipinski definition) is 2. The summed E-state index contributed by atoms with van der Waals surface area (Å²) in [6.45, 7) is -0.312. The minimum atomic E-state index is -0.583. The van der Waals surface area contributed by atoms with Crippen molar-refractivity contribution in [2.75, 3.05) is 40.3 Å². The Morgan fingerprint density at radius 3 is 2.13 bits per heavy atom. The number of carbonyl (C=O) groups is 4. The molecule has 3 aromatic rings. The predicted molar refractivity (Wildman–Crippen MR) is 144 cm³/mol. The van der Waals surface area contributed by atoms with Crippen LogP contribution in [-0.4, -0.2) is 58.7 Å². The first-order chi connectivity index (χ1) is 18.8. The van der Waals surface area contributed by atoms with Gasteiger partial charge in [0.2, 0.25) is 5.91 Å². The van der Waals surface area contributed by atoms with Gasteiger partial charge in [0.15, 0.2) is 6.61 Å². The minimum Gasteiger partial charge on any atom is -0.496 e. The van der Waals surface area contributed by atoms with E-state index in [4.69, 9.17) is 18.9 Å².